The summed E-state index contributed by atoms with van der Waals surface area (Å²) in [6.07, 6.45) is 1.09. The van der Waals surface area contributed by atoms with Crippen molar-refractivity contribution in [1.29, 1.82) is 0 Å². The number of rotatable bonds is 8. The Labute approximate surface area is 125 Å². The minimum Gasteiger partial charge on any atom is -0.493 e. The summed E-state index contributed by atoms with van der Waals surface area (Å²) in [5, 5.41) is 7.23. The molecule has 1 N–H and O–H groups in total. The molecule has 2 aromatic rings. The van der Waals surface area contributed by atoms with Crippen LogP contribution in [0.4, 0.5) is 0 Å². The van der Waals surface area contributed by atoms with Gasteiger partial charge in [0.1, 0.15) is 6.61 Å². The normalized spacial score (nSPS) is 10.6. The number of methoxy groups -OCH3 is 1. The van der Waals surface area contributed by atoms with Crippen molar-refractivity contribution in [2.75, 3.05) is 13.7 Å². The van der Waals surface area contributed by atoms with E-state index in [9.17, 15) is 0 Å². The van der Waals surface area contributed by atoms with E-state index in [4.69, 9.17) is 14.0 Å². The van der Waals surface area contributed by atoms with E-state index < -0.39 is 0 Å². The summed E-state index contributed by atoms with van der Waals surface area (Å²) in [7, 11) is 1.64. The van der Waals surface area contributed by atoms with Crippen molar-refractivity contribution < 1.29 is 14.0 Å². The third-order valence-corrected chi connectivity index (χ3v) is 3.06. The predicted molar refractivity (Wildman–Crippen MR) is 80.6 cm³/mol. The molecular formula is C16H22N2O3. The van der Waals surface area contributed by atoms with Crippen LogP contribution in [0.3, 0.4) is 0 Å². The summed E-state index contributed by atoms with van der Waals surface area (Å²) >= 11 is 0. The largest absolute Gasteiger partial charge is 0.493 e. The lowest BCUT2D eigenvalue weighted by molar-refractivity contribution is 0.236. The van der Waals surface area contributed by atoms with Gasteiger partial charge in [0.15, 0.2) is 17.3 Å². The van der Waals surface area contributed by atoms with Gasteiger partial charge in [-0.3, -0.25) is 0 Å². The Hall–Kier alpha value is -2.01. The van der Waals surface area contributed by atoms with E-state index in [0.717, 1.165) is 42.3 Å². The number of aryl methyl sites for hydroxylation is 1. The van der Waals surface area contributed by atoms with Gasteiger partial charge in [-0.15, -0.1) is 0 Å². The summed E-state index contributed by atoms with van der Waals surface area (Å²) < 4.78 is 16.4. The van der Waals surface area contributed by atoms with Crippen LogP contribution in [-0.2, 0) is 13.2 Å². The van der Waals surface area contributed by atoms with Gasteiger partial charge in [-0.25, -0.2) is 0 Å². The molecule has 0 radical (unpaired) electrons. The van der Waals surface area contributed by atoms with Crippen LogP contribution >= 0.6 is 0 Å². The van der Waals surface area contributed by atoms with E-state index in [1.54, 1.807) is 7.11 Å². The summed E-state index contributed by atoms with van der Waals surface area (Å²) in [6, 6.07) is 7.76. The van der Waals surface area contributed by atoms with Crippen LogP contribution < -0.4 is 14.8 Å². The molecule has 0 unspecified atom stereocenters. The number of benzene rings is 1. The van der Waals surface area contributed by atoms with Crippen LogP contribution in [0, 0.1) is 6.92 Å². The zero-order valence-electron chi connectivity index (χ0n) is 12.8. The highest BCUT2D eigenvalue weighted by Crippen LogP contribution is 2.31. The van der Waals surface area contributed by atoms with Crippen molar-refractivity contribution in [1.82, 2.24) is 10.5 Å². The number of para-hydroxylation sites is 1. The highest BCUT2D eigenvalue weighted by Gasteiger charge is 2.12. The third kappa shape index (κ3) is 4.23. The first-order valence-electron chi connectivity index (χ1n) is 7.16. The molecule has 114 valence electrons. The van der Waals surface area contributed by atoms with Crippen molar-refractivity contribution in [2.45, 2.75) is 33.4 Å². The first-order chi connectivity index (χ1) is 10.2. The molecule has 5 nitrogen and oxygen atoms in total. The Morgan fingerprint density at radius 3 is 2.86 bits per heavy atom. The fourth-order valence-electron chi connectivity index (χ4n) is 2.05. The molecule has 0 aliphatic rings. The van der Waals surface area contributed by atoms with Gasteiger partial charge in [0.05, 0.1) is 12.8 Å². The van der Waals surface area contributed by atoms with Crippen molar-refractivity contribution in [3.63, 3.8) is 0 Å². The molecule has 0 aliphatic carbocycles. The second kappa shape index (κ2) is 7.69. The van der Waals surface area contributed by atoms with Crippen LogP contribution in [0.5, 0.6) is 11.5 Å². The molecule has 0 aliphatic heterocycles. The fraction of sp³-hybridized carbons (Fsp3) is 0.438. The molecule has 1 aromatic carbocycles. The molecule has 0 bridgehead atoms. The smallest absolute Gasteiger partial charge is 0.174 e. The first kappa shape index (κ1) is 15.4. The van der Waals surface area contributed by atoms with E-state index >= 15 is 0 Å². The molecule has 1 heterocycles. The van der Waals surface area contributed by atoms with Crippen molar-refractivity contribution in [2.24, 2.45) is 0 Å². The van der Waals surface area contributed by atoms with Gasteiger partial charge in [-0.1, -0.05) is 24.2 Å². The summed E-state index contributed by atoms with van der Waals surface area (Å²) in [5.74, 6) is 2.17. The molecule has 21 heavy (non-hydrogen) atoms. The predicted octanol–water partition coefficient (Wildman–Crippen LogP) is 3.07. The zero-order valence-corrected chi connectivity index (χ0v) is 12.8. The summed E-state index contributed by atoms with van der Waals surface area (Å²) in [6.45, 7) is 6.08. The Bertz CT molecular complexity index is 566. The molecule has 0 atom stereocenters. The first-order valence-corrected chi connectivity index (χ1v) is 7.16. The fourth-order valence-corrected chi connectivity index (χ4v) is 2.05. The maximum absolute atomic E-state index is 5.89. The van der Waals surface area contributed by atoms with Gasteiger partial charge in [0, 0.05) is 18.2 Å². The summed E-state index contributed by atoms with van der Waals surface area (Å²) in [5.41, 5.74) is 1.91. The van der Waals surface area contributed by atoms with Gasteiger partial charge < -0.3 is 19.3 Å². The molecule has 1 aromatic heterocycles. The number of hydrogen-bond acceptors (Lipinski definition) is 5. The number of nitrogens with one attached hydrogen (secondary N) is 1. The quantitative estimate of drug-likeness (QED) is 0.757. The molecule has 0 fully saturated rings. The van der Waals surface area contributed by atoms with Crippen LogP contribution in [0.1, 0.15) is 30.4 Å². The molecule has 5 heteroatoms. The third-order valence-electron chi connectivity index (χ3n) is 3.06. The van der Waals surface area contributed by atoms with Crippen molar-refractivity contribution in [3.05, 3.63) is 41.3 Å². The standard InChI is InChI=1S/C16H22N2O3/c1-4-8-17-10-13-6-5-7-15(19-3)16(13)20-11-14-9-12(2)18-21-14/h5-7,9,17H,4,8,10-11H2,1-3H3. The molecule has 0 spiro atoms. The maximum atomic E-state index is 5.89. The minimum absolute atomic E-state index is 0.335. The molecule has 0 amide bonds. The molecule has 2 rings (SSSR count). The van der Waals surface area contributed by atoms with E-state index in [1.165, 1.54) is 0 Å². The van der Waals surface area contributed by atoms with Gasteiger partial charge in [0.2, 0.25) is 0 Å². The lowest BCUT2D eigenvalue weighted by atomic mass is 10.2. The van der Waals surface area contributed by atoms with E-state index in [2.05, 4.69) is 17.4 Å². The number of aromatic nitrogens is 1. The zero-order chi connectivity index (χ0) is 15.1. The Morgan fingerprint density at radius 2 is 2.19 bits per heavy atom. The molecule has 0 saturated carbocycles. The maximum Gasteiger partial charge on any atom is 0.174 e. The van der Waals surface area contributed by atoms with E-state index in [0.29, 0.717) is 12.4 Å². The van der Waals surface area contributed by atoms with Crippen molar-refractivity contribution in [3.8, 4) is 11.5 Å². The number of nitrogens with zero attached hydrogens (tertiary/aromatic N) is 1. The second-order valence-corrected chi connectivity index (χ2v) is 4.85. The van der Waals surface area contributed by atoms with Gasteiger partial charge in [-0.2, -0.15) is 0 Å². The van der Waals surface area contributed by atoms with Gasteiger partial charge >= 0.3 is 0 Å². The van der Waals surface area contributed by atoms with Gasteiger partial charge in [0.25, 0.3) is 0 Å². The highest BCUT2D eigenvalue weighted by molar-refractivity contribution is 5.46. The Balaban J connectivity index is 2.10. The minimum atomic E-state index is 0.335. The monoisotopic (exact) mass is 290 g/mol. The second-order valence-electron chi connectivity index (χ2n) is 4.85. The SMILES string of the molecule is CCCNCc1cccc(OC)c1OCc1cc(C)no1. The average molecular weight is 290 g/mol. The topological polar surface area (TPSA) is 56.5 Å². The highest BCUT2D eigenvalue weighted by atomic mass is 16.5. The van der Waals surface area contributed by atoms with E-state index in [1.807, 2.05) is 31.2 Å². The van der Waals surface area contributed by atoms with Crippen LogP contribution in [0.25, 0.3) is 0 Å². The lowest BCUT2D eigenvalue weighted by Crippen LogP contribution is -2.15. The van der Waals surface area contributed by atoms with E-state index in [-0.39, 0.29) is 0 Å². The lowest BCUT2D eigenvalue weighted by Gasteiger charge is -2.14. The molecular weight excluding hydrogens is 268 g/mol. The molecule has 0 saturated heterocycles. The summed E-state index contributed by atoms with van der Waals surface area (Å²) in [4.78, 5) is 0. The number of hydrogen-bond donors (Lipinski definition) is 1. The van der Waals surface area contributed by atoms with Crippen LogP contribution in [-0.4, -0.2) is 18.8 Å². The van der Waals surface area contributed by atoms with Gasteiger partial charge in [-0.05, 0) is 26.0 Å². The van der Waals surface area contributed by atoms with Crippen LogP contribution in [0.15, 0.2) is 28.8 Å². The van der Waals surface area contributed by atoms with Crippen molar-refractivity contribution >= 4 is 0 Å². The van der Waals surface area contributed by atoms with Crippen LogP contribution in [0.2, 0.25) is 0 Å². The number of ether oxygens (including phenoxy) is 2. The average Bonchev–Trinajstić information content (AvgIpc) is 2.91. The Morgan fingerprint density at radius 1 is 1.33 bits per heavy atom. The Kier molecular flexibility index (Phi) is 5.63.